The van der Waals surface area contributed by atoms with Gasteiger partial charge in [-0.3, -0.25) is 9.89 Å². The molecule has 3 rings (SSSR count). The third kappa shape index (κ3) is 8.23. The van der Waals surface area contributed by atoms with Crippen molar-refractivity contribution in [1.29, 1.82) is 0 Å². The number of halogens is 4. The van der Waals surface area contributed by atoms with E-state index in [2.05, 4.69) is 63.6 Å². The van der Waals surface area contributed by atoms with Crippen molar-refractivity contribution >= 4 is 29.9 Å². The van der Waals surface area contributed by atoms with Crippen LogP contribution in [0, 0.1) is 11.8 Å². The first-order valence-corrected chi connectivity index (χ1v) is 10.8. The summed E-state index contributed by atoms with van der Waals surface area (Å²) in [7, 11) is 1.70. The van der Waals surface area contributed by atoms with Gasteiger partial charge in [0.15, 0.2) is 5.96 Å². The molecule has 0 aromatic heterocycles. The van der Waals surface area contributed by atoms with Crippen LogP contribution >= 0.6 is 24.0 Å². The van der Waals surface area contributed by atoms with Crippen LogP contribution in [0.5, 0.6) is 0 Å². The largest absolute Gasteiger partial charge is 0.416 e. The normalized spacial score (nSPS) is 16.2. The van der Waals surface area contributed by atoms with Crippen molar-refractivity contribution in [3.05, 3.63) is 71.3 Å². The van der Waals surface area contributed by atoms with E-state index >= 15 is 0 Å². The molecule has 2 aromatic rings. The van der Waals surface area contributed by atoms with E-state index in [1.165, 1.54) is 11.6 Å². The SMILES string of the molecule is CN=C(NCC#Cc1cccc(C(F)(F)F)c1)NC1CCN(C(C)c2ccccc2)CC1.I. The Balaban J connectivity index is 0.00000385. The minimum Gasteiger partial charge on any atom is -0.354 e. The second kappa shape index (κ2) is 12.8. The van der Waals surface area contributed by atoms with Crippen LogP contribution in [-0.2, 0) is 6.18 Å². The number of benzene rings is 2. The number of nitrogens with one attached hydrogen (secondary N) is 2. The minimum absolute atomic E-state index is 0. The summed E-state index contributed by atoms with van der Waals surface area (Å²) in [5.41, 5.74) is 0.975. The van der Waals surface area contributed by atoms with Crippen LogP contribution < -0.4 is 10.6 Å². The maximum absolute atomic E-state index is 12.8. The van der Waals surface area contributed by atoms with E-state index in [4.69, 9.17) is 0 Å². The molecule has 1 unspecified atom stereocenters. The molecule has 1 heterocycles. The number of likely N-dealkylation sites (tertiary alicyclic amines) is 1. The van der Waals surface area contributed by atoms with Crippen LogP contribution in [0.2, 0.25) is 0 Å². The quantitative estimate of drug-likeness (QED) is 0.234. The highest BCUT2D eigenvalue weighted by Crippen LogP contribution is 2.29. The molecule has 0 spiro atoms. The monoisotopic (exact) mass is 570 g/mol. The predicted octanol–water partition coefficient (Wildman–Crippen LogP) is 5.07. The lowest BCUT2D eigenvalue weighted by molar-refractivity contribution is -0.137. The summed E-state index contributed by atoms with van der Waals surface area (Å²) in [6.45, 7) is 4.53. The number of hydrogen-bond acceptors (Lipinski definition) is 2. The first-order valence-electron chi connectivity index (χ1n) is 10.8. The summed E-state index contributed by atoms with van der Waals surface area (Å²) >= 11 is 0. The average molecular weight is 570 g/mol. The summed E-state index contributed by atoms with van der Waals surface area (Å²) in [6, 6.07) is 16.3. The van der Waals surface area contributed by atoms with Gasteiger partial charge in [0.05, 0.1) is 12.1 Å². The summed E-state index contributed by atoms with van der Waals surface area (Å²) in [5.74, 6) is 6.29. The molecule has 1 aliphatic rings. The van der Waals surface area contributed by atoms with E-state index < -0.39 is 11.7 Å². The van der Waals surface area contributed by atoms with Gasteiger partial charge in [-0.25, -0.2) is 0 Å². The highest BCUT2D eigenvalue weighted by molar-refractivity contribution is 14.0. The Morgan fingerprint density at radius 2 is 1.82 bits per heavy atom. The van der Waals surface area contributed by atoms with Gasteiger partial charge in [0.1, 0.15) is 0 Å². The molecule has 1 atom stereocenters. The van der Waals surface area contributed by atoms with Crippen molar-refractivity contribution in [3.63, 3.8) is 0 Å². The zero-order valence-electron chi connectivity index (χ0n) is 18.8. The van der Waals surface area contributed by atoms with Gasteiger partial charge in [-0.2, -0.15) is 13.2 Å². The smallest absolute Gasteiger partial charge is 0.354 e. The third-order valence-corrected chi connectivity index (χ3v) is 5.69. The number of alkyl halides is 3. The van der Waals surface area contributed by atoms with E-state index in [1.807, 2.05) is 6.07 Å². The molecule has 178 valence electrons. The van der Waals surface area contributed by atoms with Gasteiger partial charge in [0.2, 0.25) is 0 Å². The Kier molecular flexibility index (Phi) is 10.5. The molecule has 0 amide bonds. The maximum Gasteiger partial charge on any atom is 0.416 e. The molecule has 0 radical (unpaired) electrons. The number of aliphatic imine (C=N–C) groups is 1. The molecular weight excluding hydrogens is 540 g/mol. The topological polar surface area (TPSA) is 39.7 Å². The van der Waals surface area contributed by atoms with Gasteiger partial charge in [-0.15, -0.1) is 24.0 Å². The molecule has 4 nitrogen and oxygen atoms in total. The van der Waals surface area contributed by atoms with Crippen LogP contribution in [0.1, 0.15) is 42.5 Å². The van der Waals surface area contributed by atoms with E-state index in [-0.39, 0.29) is 24.0 Å². The molecular formula is C25H30F3IN4. The lowest BCUT2D eigenvalue weighted by Gasteiger charge is -2.36. The Labute approximate surface area is 211 Å². The number of guanidine groups is 1. The second-order valence-corrected chi connectivity index (χ2v) is 7.85. The Bertz CT molecular complexity index is 959. The zero-order chi connectivity index (χ0) is 23.0. The van der Waals surface area contributed by atoms with Crippen molar-refractivity contribution < 1.29 is 13.2 Å². The van der Waals surface area contributed by atoms with E-state index in [9.17, 15) is 13.2 Å². The molecule has 1 aliphatic heterocycles. The summed E-state index contributed by atoms with van der Waals surface area (Å²) in [6.07, 6.45) is -2.35. The highest BCUT2D eigenvalue weighted by atomic mass is 127. The van der Waals surface area contributed by atoms with Crippen LogP contribution in [0.25, 0.3) is 0 Å². The van der Waals surface area contributed by atoms with Gasteiger partial charge < -0.3 is 10.6 Å². The predicted molar refractivity (Wildman–Crippen MR) is 138 cm³/mol. The minimum atomic E-state index is -4.36. The van der Waals surface area contributed by atoms with Crippen LogP contribution in [0.4, 0.5) is 13.2 Å². The molecule has 1 fully saturated rings. The molecule has 0 saturated carbocycles. The van der Waals surface area contributed by atoms with Crippen molar-refractivity contribution in [2.24, 2.45) is 4.99 Å². The van der Waals surface area contributed by atoms with Gasteiger partial charge in [0.25, 0.3) is 0 Å². The third-order valence-electron chi connectivity index (χ3n) is 5.69. The second-order valence-electron chi connectivity index (χ2n) is 7.85. The fraction of sp³-hybridized carbons (Fsp3) is 0.400. The molecule has 0 aliphatic carbocycles. The first-order chi connectivity index (χ1) is 15.4. The van der Waals surface area contributed by atoms with Crippen molar-refractivity contribution in [3.8, 4) is 11.8 Å². The maximum atomic E-state index is 12.8. The van der Waals surface area contributed by atoms with Crippen molar-refractivity contribution in [1.82, 2.24) is 15.5 Å². The van der Waals surface area contributed by atoms with Crippen molar-refractivity contribution in [2.75, 3.05) is 26.7 Å². The standard InChI is InChI=1S/C25H29F3N4.HI/c1-19(21-10-4-3-5-11-21)32-16-13-23(14-17-32)31-24(29-2)30-15-7-9-20-8-6-12-22(18-20)25(26,27)28;/h3-6,8,10-12,18-19,23H,13-17H2,1-2H3,(H2,29,30,31);1H. The highest BCUT2D eigenvalue weighted by Gasteiger charge is 2.30. The van der Waals surface area contributed by atoms with E-state index in [0.29, 0.717) is 30.2 Å². The molecule has 33 heavy (non-hydrogen) atoms. The lowest BCUT2D eigenvalue weighted by Crippen LogP contribution is -2.49. The first kappa shape index (κ1) is 27.0. The summed E-state index contributed by atoms with van der Waals surface area (Å²) < 4.78 is 38.4. The fourth-order valence-corrected chi connectivity index (χ4v) is 3.81. The Hall–Kier alpha value is -2.25. The van der Waals surface area contributed by atoms with E-state index in [1.54, 1.807) is 13.1 Å². The summed E-state index contributed by atoms with van der Waals surface area (Å²) in [5, 5.41) is 6.55. The van der Waals surface area contributed by atoms with Crippen LogP contribution in [0.15, 0.2) is 59.6 Å². The van der Waals surface area contributed by atoms with Crippen LogP contribution in [-0.4, -0.2) is 43.6 Å². The number of nitrogens with zero attached hydrogens (tertiary/aromatic N) is 2. The van der Waals surface area contributed by atoms with Crippen LogP contribution in [0.3, 0.4) is 0 Å². The number of rotatable bonds is 4. The fourth-order valence-electron chi connectivity index (χ4n) is 3.81. The molecule has 8 heteroatoms. The Morgan fingerprint density at radius 3 is 2.45 bits per heavy atom. The van der Waals surface area contributed by atoms with E-state index in [0.717, 1.165) is 38.1 Å². The number of piperidine rings is 1. The number of hydrogen-bond donors (Lipinski definition) is 2. The van der Waals surface area contributed by atoms with Gasteiger partial charge in [-0.1, -0.05) is 48.2 Å². The molecule has 0 bridgehead atoms. The average Bonchev–Trinajstić information content (AvgIpc) is 2.81. The molecule has 2 aromatic carbocycles. The molecule has 1 saturated heterocycles. The summed E-state index contributed by atoms with van der Waals surface area (Å²) in [4.78, 5) is 6.73. The van der Waals surface area contributed by atoms with Gasteiger partial charge >= 0.3 is 6.18 Å². The lowest BCUT2D eigenvalue weighted by atomic mass is 10.0. The van der Waals surface area contributed by atoms with Gasteiger partial charge in [0, 0.05) is 37.8 Å². The Morgan fingerprint density at radius 1 is 1.12 bits per heavy atom. The van der Waals surface area contributed by atoms with Crippen molar-refractivity contribution in [2.45, 2.75) is 38.0 Å². The zero-order valence-corrected chi connectivity index (χ0v) is 21.2. The van der Waals surface area contributed by atoms with Gasteiger partial charge in [-0.05, 0) is 43.5 Å². The molecule has 2 N–H and O–H groups in total.